The second-order valence-electron chi connectivity index (χ2n) is 4.43. The molecule has 1 aromatic heterocycles. The van der Waals surface area contributed by atoms with Crippen molar-refractivity contribution in [1.82, 2.24) is 9.97 Å². The normalized spacial score (nSPS) is 10.3. The molecule has 0 spiro atoms. The van der Waals surface area contributed by atoms with E-state index in [1.54, 1.807) is 11.1 Å². The van der Waals surface area contributed by atoms with E-state index < -0.39 is 0 Å². The number of hydrogen-bond donors (Lipinski definition) is 0. The number of hydrogen-bond acceptors (Lipinski definition) is 3. The Bertz CT molecular complexity index is 578. The third-order valence-corrected chi connectivity index (χ3v) is 2.87. The molecular formula is C15H17N3O. The fourth-order valence-corrected chi connectivity index (χ4v) is 1.88. The highest BCUT2D eigenvalue weighted by molar-refractivity contribution is 6.04. The van der Waals surface area contributed by atoms with Crippen molar-refractivity contribution in [3.05, 3.63) is 53.6 Å². The zero-order valence-electron chi connectivity index (χ0n) is 11.4. The maximum absolute atomic E-state index is 12.4. The minimum absolute atomic E-state index is 0.124. The summed E-state index contributed by atoms with van der Waals surface area (Å²) in [5.74, 6) is -0.124. The Balaban J connectivity index is 2.31. The number of anilines is 1. The summed E-state index contributed by atoms with van der Waals surface area (Å²) in [7, 11) is 0. The highest BCUT2D eigenvalue weighted by Crippen LogP contribution is 2.17. The van der Waals surface area contributed by atoms with Gasteiger partial charge in [-0.1, -0.05) is 12.1 Å². The van der Waals surface area contributed by atoms with E-state index in [4.69, 9.17) is 0 Å². The van der Waals surface area contributed by atoms with Crippen LogP contribution >= 0.6 is 0 Å². The van der Waals surface area contributed by atoms with Crippen molar-refractivity contribution in [2.75, 3.05) is 11.4 Å². The van der Waals surface area contributed by atoms with E-state index in [0.717, 1.165) is 16.9 Å². The maximum Gasteiger partial charge on any atom is 0.278 e. The van der Waals surface area contributed by atoms with E-state index in [1.165, 1.54) is 6.20 Å². The topological polar surface area (TPSA) is 46.1 Å². The Morgan fingerprint density at radius 2 is 2.00 bits per heavy atom. The minimum Gasteiger partial charge on any atom is -0.307 e. The fourth-order valence-electron chi connectivity index (χ4n) is 1.88. The molecule has 0 bridgehead atoms. The second kappa shape index (κ2) is 5.61. The van der Waals surface area contributed by atoms with Crippen molar-refractivity contribution in [2.45, 2.75) is 20.8 Å². The quantitative estimate of drug-likeness (QED) is 0.847. The molecule has 1 heterocycles. The third kappa shape index (κ3) is 2.96. The molecule has 2 rings (SSSR count). The smallest absolute Gasteiger partial charge is 0.278 e. The van der Waals surface area contributed by atoms with Crippen molar-refractivity contribution in [1.29, 1.82) is 0 Å². The summed E-state index contributed by atoms with van der Waals surface area (Å²) in [5, 5.41) is 0. The van der Waals surface area contributed by atoms with Crippen LogP contribution in [0.4, 0.5) is 5.69 Å². The van der Waals surface area contributed by atoms with Crippen molar-refractivity contribution >= 4 is 11.6 Å². The summed E-state index contributed by atoms with van der Waals surface area (Å²) in [6.45, 7) is 6.40. The van der Waals surface area contributed by atoms with Gasteiger partial charge in [0.25, 0.3) is 5.91 Å². The van der Waals surface area contributed by atoms with Crippen LogP contribution in [0.2, 0.25) is 0 Å². The zero-order valence-corrected chi connectivity index (χ0v) is 11.4. The first-order valence-corrected chi connectivity index (χ1v) is 6.29. The van der Waals surface area contributed by atoms with Crippen LogP contribution in [-0.4, -0.2) is 22.4 Å². The summed E-state index contributed by atoms with van der Waals surface area (Å²) in [6.07, 6.45) is 3.13. The first-order valence-electron chi connectivity index (χ1n) is 6.29. The Kier molecular flexibility index (Phi) is 3.90. The summed E-state index contributed by atoms with van der Waals surface area (Å²) < 4.78 is 0. The van der Waals surface area contributed by atoms with Gasteiger partial charge >= 0.3 is 0 Å². The van der Waals surface area contributed by atoms with Crippen LogP contribution < -0.4 is 4.90 Å². The summed E-state index contributed by atoms with van der Waals surface area (Å²) in [6, 6.07) is 7.87. The molecule has 0 aliphatic heterocycles. The van der Waals surface area contributed by atoms with Crippen LogP contribution in [0.5, 0.6) is 0 Å². The highest BCUT2D eigenvalue weighted by atomic mass is 16.2. The molecule has 0 atom stereocenters. The largest absolute Gasteiger partial charge is 0.307 e. The highest BCUT2D eigenvalue weighted by Gasteiger charge is 2.17. The van der Waals surface area contributed by atoms with E-state index in [0.29, 0.717) is 12.2 Å². The number of aryl methyl sites for hydroxylation is 2. The Morgan fingerprint density at radius 1 is 1.21 bits per heavy atom. The van der Waals surface area contributed by atoms with Crippen LogP contribution in [-0.2, 0) is 0 Å². The molecule has 0 aliphatic rings. The minimum atomic E-state index is -0.124. The average molecular weight is 255 g/mol. The lowest BCUT2D eigenvalue weighted by Crippen LogP contribution is -2.31. The molecule has 0 saturated heterocycles. The monoisotopic (exact) mass is 255 g/mol. The lowest BCUT2D eigenvalue weighted by molar-refractivity contribution is 0.0983. The molecule has 0 N–H and O–H groups in total. The molecule has 0 radical (unpaired) electrons. The molecule has 1 aromatic carbocycles. The van der Waals surface area contributed by atoms with E-state index in [9.17, 15) is 4.79 Å². The molecule has 2 aromatic rings. The lowest BCUT2D eigenvalue weighted by atomic mass is 10.2. The van der Waals surface area contributed by atoms with Gasteiger partial charge in [-0.2, -0.15) is 0 Å². The molecule has 0 aliphatic carbocycles. The van der Waals surface area contributed by atoms with E-state index >= 15 is 0 Å². The Labute approximate surface area is 113 Å². The van der Waals surface area contributed by atoms with Gasteiger partial charge in [-0.15, -0.1) is 0 Å². The van der Waals surface area contributed by atoms with Crippen LogP contribution in [0.15, 0.2) is 36.7 Å². The predicted octanol–water partition coefficient (Wildman–Crippen LogP) is 2.76. The van der Waals surface area contributed by atoms with Crippen molar-refractivity contribution in [3.8, 4) is 0 Å². The molecule has 19 heavy (non-hydrogen) atoms. The van der Waals surface area contributed by atoms with Crippen LogP contribution in [0.1, 0.15) is 28.7 Å². The van der Waals surface area contributed by atoms with E-state index in [2.05, 4.69) is 9.97 Å². The average Bonchev–Trinajstić information content (AvgIpc) is 2.40. The number of nitrogens with zero attached hydrogens (tertiary/aromatic N) is 3. The van der Waals surface area contributed by atoms with Gasteiger partial charge in [0, 0.05) is 18.4 Å². The van der Waals surface area contributed by atoms with Gasteiger partial charge in [0.2, 0.25) is 0 Å². The van der Waals surface area contributed by atoms with Crippen molar-refractivity contribution in [2.24, 2.45) is 0 Å². The lowest BCUT2D eigenvalue weighted by Gasteiger charge is -2.20. The SMILES string of the molecule is CCN(C(=O)c1cnc(C)cn1)c1cccc(C)c1. The molecule has 4 heteroatoms. The Morgan fingerprint density at radius 3 is 2.58 bits per heavy atom. The summed E-state index contributed by atoms with van der Waals surface area (Å²) >= 11 is 0. The van der Waals surface area contributed by atoms with Gasteiger partial charge < -0.3 is 4.90 Å². The van der Waals surface area contributed by atoms with Gasteiger partial charge in [-0.05, 0) is 38.5 Å². The van der Waals surface area contributed by atoms with Gasteiger partial charge in [-0.3, -0.25) is 9.78 Å². The van der Waals surface area contributed by atoms with Gasteiger partial charge in [0.1, 0.15) is 5.69 Å². The van der Waals surface area contributed by atoms with Crippen molar-refractivity contribution in [3.63, 3.8) is 0 Å². The number of rotatable bonds is 3. The molecule has 0 fully saturated rings. The molecule has 0 saturated carbocycles. The summed E-state index contributed by atoms with van der Waals surface area (Å²) in [5.41, 5.74) is 3.18. The zero-order chi connectivity index (χ0) is 13.8. The standard InChI is InChI=1S/C15H17N3O/c1-4-18(13-7-5-6-11(2)8-13)15(19)14-10-16-12(3)9-17-14/h5-10H,4H2,1-3H3. The van der Waals surface area contributed by atoms with Crippen LogP contribution in [0.3, 0.4) is 0 Å². The fraction of sp³-hybridized carbons (Fsp3) is 0.267. The number of carbonyl (C=O) groups is 1. The maximum atomic E-state index is 12.4. The van der Waals surface area contributed by atoms with Crippen LogP contribution in [0.25, 0.3) is 0 Å². The molecule has 98 valence electrons. The number of aromatic nitrogens is 2. The number of benzene rings is 1. The van der Waals surface area contributed by atoms with E-state index in [1.807, 2.05) is 45.0 Å². The second-order valence-corrected chi connectivity index (χ2v) is 4.43. The summed E-state index contributed by atoms with van der Waals surface area (Å²) in [4.78, 5) is 22.4. The molecule has 4 nitrogen and oxygen atoms in total. The molecule has 1 amide bonds. The molecular weight excluding hydrogens is 238 g/mol. The van der Waals surface area contributed by atoms with Gasteiger partial charge in [-0.25, -0.2) is 4.98 Å². The first-order chi connectivity index (χ1) is 9.11. The number of carbonyl (C=O) groups excluding carboxylic acids is 1. The molecule has 0 unspecified atom stereocenters. The predicted molar refractivity (Wildman–Crippen MR) is 75.3 cm³/mol. The first kappa shape index (κ1) is 13.2. The van der Waals surface area contributed by atoms with Gasteiger partial charge in [0.05, 0.1) is 11.9 Å². The number of amides is 1. The van der Waals surface area contributed by atoms with E-state index in [-0.39, 0.29) is 5.91 Å². The third-order valence-electron chi connectivity index (χ3n) is 2.87. The van der Waals surface area contributed by atoms with Crippen molar-refractivity contribution < 1.29 is 4.79 Å². The van der Waals surface area contributed by atoms with Crippen LogP contribution in [0, 0.1) is 13.8 Å². The van der Waals surface area contributed by atoms with Gasteiger partial charge in [0.15, 0.2) is 0 Å². The Hall–Kier alpha value is -2.23.